The van der Waals surface area contributed by atoms with E-state index in [9.17, 15) is 4.79 Å². The number of aromatic nitrogens is 3. The lowest BCUT2D eigenvalue weighted by Gasteiger charge is -2.35. The zero-order valence-electron chi connectivity index (χ0n) is 18.1. The summed E-state index contributed by atoms with van der Waals surface area (Å²) in [5.41, 5.74) is 5.37. The van der Waals surface area contributed by atoms with Gasteiger partial charge in [-0.15, -0.1) is 0 Å². The Labute approximate surface area is 187 Å². The van der Waals surface area contributed by atoms with E-state index in [-0.39, 0.29) is 6.03 Å². The Morgan fingerprint density at radius 1 is 1.00 bits per heavy atom. The van der Waals surface area contributed by atoms with Gasteiger partial charge in [0.2, 0.25) is 0 Å². The van der Waals surface area contributed by atoms with E-state index in [1.54, 1.807) is 6.33 Å². The van der Waals surface area contributed by atoms with Crippen LogP contribution in [-0.2, 0) is 6.54 Å². The third-order valence-electron chi connectivity index (χ3n) is 5.97. The van der Waals surface area contributed by atoms with Gasteiger partial charge in [-0.2, -0.15) is 0 Å². The predicted molar refractivity (Wildman–Crippen MR) is 127 cm³/mol. The standard InChI is InChI=1S/C25H26N6O/c1-18-7-9-19(10-8-18)15-27-25(32)31-13-11-30(12-14-31)24-22-21(20-5-3-2-4-6-20)16-26-23(22)28-17-29-24/h2-10,16-17H,11-15H2,1H3,(H,27,32)(H,26,28,29). The zero-order chi connectivity index (χ0) is 21.9. The number of H-pyrrole nitrogens is 1. The molecule has 32 heavy (non-hydrogen) atoms. The maximum absolute atomic E-state index is 12.7. The monoisotopic (exact) mass is 426 g/mol. The van der Waals surface area contributed by atoms with Crippen LogP contribution < -0.4 is 10.2 Å². The summed E-state index contributed by atoms with van der Waals surface area (Å²) in [5, 5.41) is 4.06. The van der Waals surface area contributed by atoms with Crippen molar-refractivity contribution in [1.29, 1.82) is 0 Å². The highest BCUT2D eigenvalue weighted by Gasteiger charge is 2.24. The van der Waals surface area contributed by atoms with Crippen LogP contribution in [0.4, 0.5) is 10.6 Å². The second kappa shape index (κ2) is 8.70. The molecule has 7 heteroatoms. The molecule has 0 unspecified atom stereocenters. The molecule has 1 saturated heterocycles. The molecule has 0 bridgehead atoms. The van der Waals surface area contributed by atoms with Crippen LogP contribution in [0.5, 0.6) is 0 Å². The molecule has 2 amide bonds. The van der Waals surface area contributed by atoms with Gasteiger partial charge in [-0.25, -0.2) is 14.8 Å². The van der Waals surface area contributed by atoms with Gasteiger partial charge in [-0.3, -0.25) is 0 Å². The van der Waals surface area contributed by atoms with Crippen molar-refractivity contribution >= 4 is 22.9 Å². The smallest absolute Gasteiger partial charge is 0.317 e. The molecule has 7 nitrogen and oxygen atoms in total. The number of urea groups is 1. The molecule has 2 N–H and O–H groups in total. The number of aromatic amines is 1. The van der Waals surface area contributed by atoms with E-state index in [0.717, 1.165) is 46.6 Å². The molecular weight excluding hydrogens is 400 g/mol. The lowest BCUT2D eigenvalue weighted by Crippen LogP contribution is -2.52. The van der Waals surface area contributed by atoms with Gasteiger partial charge in [0.15, 0.2) is 0 Å². The maximum atomic E-state index is 12.7. The summed E-state index contributed by atoms with van der Waals surface area (Å²) in [6, 6.07) is 18.5. The molecular formula is C25H26N6O. The molecule has 0 spiro atoms. The Balaban J connectivity index is 1.28. The number of nitrogens with one attached hydrogen (secondary N) is 2. The van der Waals surface area contributed by atoms with Crippen molar-refractivity contribution < 1.29 is 4.79 Å². The van der Waals surface area contributed by atoms with Crippen molar-refractivity contribution in [2.24, 2.45) is 0 Å². The van der Waals surface area contributed by atoms with Crippen LogP contribution in [0.1, 0.15) is 11.1 Å². The first-order valence-corrected chi connectivity index (χ1v) is 10.9. The number of nitrogens with zero attached hydrogens (tertiary/aromatic N) is 4. The Hall–Kier alpha value is -3.87. The van der Waals surface area contributed by atoms with Crippen molar-refractivity contribution in [3.63, 3.8) is 0 Å². The Kier molecular flexibility index (Phi) is 5.46. The number of anilines is 1. The fourth-order valence-electron chi connectivity index (χ4n) is 4.15. The van der Waals surface area contributed by atoms with Gasteiger partial charge in [0.25, 0.3) is 0 Å². The highest BCUT2D eigenvalue weighted by Crippen LogP contribution is 2.33. The molecule has 0 radical (unpaired) electrons. The van der Waals surface area contributed by atoms with E-state index in [1.165, 1.54) is 5.56 Å². The van der Waals surface area contributed by atoms with E-state index in [0.29, 0.717) is 19.6 Å². The van der Waals surface area contributed by atoms with E-state index < -0.39 is 0 Å². The van der Waals surface area contributed by atoms with Gasteiger partial charge in [0.05, 0.1) is 5.39 Å². The number of rotatable bonds is 4. The number of amides is 2. The lowest BCUT2D eigenvalue weighted by atomic mass is 10.1. The van der Waals surface area contributed by atoms with Crippen LogP contribution in [0.25, 0.3) is 22.2 Å². The van der Waals surface area contributed by atoms with Gasteiger partial charge in [0, 0.05) is 44.5 Å². The first-order valence-electron chi connectivity index (χ1n) is 10.9. The van der Waals surface area contributed by atoms with Gasteiger partial charge < -0.3 is 20.1 Å². The first kappa shape index (κ1) is 20.1. The molecule has 3 heterocycles. The number of fused-ring (bicyclic) bond motifs is 1. The summed E-state index contributed by atoms with van der Waals surface area (Å²) >= 11 is 0. The molecule has 1 aliphatic heterocycles. The number of carbonyl (C=O) groups excluding carboxylic acids is 1. The largest absolute Gasteiger partial charge is 0.352 e. The van der Waals surface area contributed by atoms with Crippen LogP contribution in [0.15, 0.2) is 67.1 Å². The fraction of sp³-hybridized carbons (Fsp3) is 0.240. The highest BCUT2D eigenvalue weighted by molar-refractivity contribution is 6.01. The molecule has 4 aromatic rings. The summed E-state index contributed by atoms with van der Waals surface area (Å²) in [6.45, 7) is 5.35. The van der Waals surface area contributed by atoms with Crippen LogP contribution in [0, 0.1) is 6.92 Å². The average molecular weight is 427 g/mol. The quantitative estimate of drug-likeness (QED) is 0.518. The Morgan fingerprint density at radius 2 is 1.75 bits per heavy atom. The first-order chi connectivity index (χ1) is 15.7. The summed E-state index contributed by atoms with van der Waals surface area (Å²) in [6.07, 6.45) is 3.59. The molecule has 0 atom stereocenters. The minimum atomic E-state index is -0.0234. The fourth-order valence-corrected chi connectivity index (χ4v) is 4.15. The van der Waals surface area contributed by atoms with Crippen molar-refractivity contribution in [2.75, 3.05) is 31.1 Å². The molecule has 0 saturated carbocycles. The van der Waals surface area contributed by atoms with E-state index in [4.69, 9.17) is 0 Å². The Morgan fingerprint density at radius 3 is 2.50 bits per heavy atom. The van der Waals surface area contributed by atoms with E-state index in [2.05, 4.69) is 68.5 Å². The molecule has 0 aliphatic carbocycles. The van der Waals surface area contributed by atoms with Crippen molar-refractivity contribution in [2.45, 2.75) is 13.5 Å². The molecule has 1 aliphatic rings. The number of aryl methyl sites for hydroxylation is 1. The third-order valence-corrected chi connectivity index (χ3v) is 5.97. The van der Waals surface area contributed by atoms with Gasteiger partial charge in [0.1, 0.15) is 17.8 Å². The molecule has 162 valence electrons. The highest BCUT2D eigenvalue weighted by atomic mass is 16.2. The average Bonchev–Trinajstić information content (AvgIpc) is 3.29. The molecule has 5 rings (SSSR count). The number of benzene rings is 2. The minimum absolute atomic E-state index is 0.0234. The maximum Gasteiger partial charge on any atom is 0.317 e. The van der Waals surface area contributed by atoms with Gasteiger partial charge >= 0.3 is 6.03 Å². The van der Waals surface area contributed by atoms with Crippen LogP contribution >= 0.6 is 0 Å². The topological polar surface area (TPSA) is 77.2 Å². The lowest BCUT2D eigenvalue weighted by molar-refractivity contribution is 0.194. The zero-order valence-corrected chi connectivity index (χ0v) is 18.1. The summed E-state index contributed by atoms with van der Waals surface area (Å²) in [7, 11) is 0. The summed E-state index contributed by atoms with van der Waals surface area (Å²) < 4.78 is 0. The third kappa shape index (κ3) is 4.01. The van der Waals surface area contributed by atoms with Crippen molar-refractivity contribution in [3.8, 4) is 11.1 Å². The normalized spacial score (nSPS) is 14.0. The SMILES string of the molecule is Cc1ccc(CNC(=O)N2CCN(c3ncnc4[nH]cc(-c5ccccc5)c34)CC2)cc1. The number of hydrogen-bond acceptors (Lipinski definition) is 4. The summed E-state index contributed by atoms with van der Waals surface area (Å²) in [4.78, 5) is 29.1. The number of hydrogen-bond donors (Lipinski definition) is 2. The summed E-state index contributed by atoms with van der Waals surface area (Å²) in [5.74, 6) is 0.912. The van der Waals surface area contributed by atoms with Crippen LogP contribution in [0.2, 0.25) is 0 Å². The van der Waals surface area contributed by atoms with Crippen LogP contribution in [0.3, 0.4) is 0 Å². The predicted octanol–water partition coefficient (Wildman–Crippen LogP) is 3.97. The van der Waals surface area contributed by atoms with Crippen LogP contribution in [-0.4, -0.2) is 52.1 Å². The van der Waals surface area contributed by atoms with Crippen molar-refractivity contribution in [3.05, 3.63) is 78.2 Å². The minimum Gasteiger partial charge on any atom is -0.352 e. The number of piperazine rings is 1. The van der Waals surface area contributed by atoms with Gasteiger partial charge in [-0.05, 0) is 18.1 Å². The van der Waals surface area contributed by atoms with E-state index >= 15 is 0 Å². The Bertz CT molecular complexity index is 1210. The van der Waals surface area contributed by atoms with Gasteiger partial charge in [-0.1, -0.05) is 60.2 Å². The second-order valence-electron chi connectivity index (χ2n) is 8.11. The van der Waals surface area contributed by atoms with E-state index in [1.807, 2.05) is 29.3 Å². The molecule has 1 fully saturated rings. The van der Waals surface area contributed by atoms with Crippen molar-refractivity contribution in [1.82, 2.24) is 25.2 Å². The molecule has 2 aromatic carbocycles. The molecule has 2 aromatic heterocycles. The number of carbonyl (C=O) groups is 1. The second-order valence-corrected chi connectivity index (χ2v) is 8.11.